The highest BCUT2D eigenvalue weighted by Crippen LogP contribution is 2.34. The molecule has 0 unspecified atom stereocenters. The van der Waals surface area contributed by atoms with Crippen molar-refractivity contribution in [2.24, 2.45) is 0 Å². The Morgan fingerprint density at radius 2 is 1.96 bits per heavy atom. The lowest BCUT2D eigenvalue weighted by Crippen LogP contribution is -2.14. The van der Waals surface area contributed by atoms with Gasteiger partial charge in [-0.15, -0.1) is 11.3 Å². The predicted octanol–water partition coefficient (Wildman–Crippen LogP) is 5.92. The smallest absolute Gasteiger partial charge is 0.120 e. The minimum atomic E-state index is 0.627. The first-order valence-corrected chi connectivity index (χ1v) is 10.8. The molecule has 0 saturated carbocycles. The summed E-state index contributed by atoms with van der Waals surface area (Å²) in [6, 6.07) is 15.9. The molecule has 0 aliphatic heterocycles. The van der Waals surface area contributed by atoms with Gasteiger partial charge in [-0.05, 0) is 73.1 Å². The van der Waals surface area contributed by atoms with Gasteiger partial charge in [-0.2, -0.15) is 0 Å². The number of hydrogen-bond donors (Lipinski definition) is 1. The van der Waals surface area contributed by atoms with Crippen molar-refractivity contribution in [2.45, 2.75) is 39.8 Å². The lowest BCUT2D eigenvalue weighted by atomic mass is 10.1. The molecule has 4 rings (SSSR count). The number of aromatic nitrogens is 1. The number of thiophene rings is 1. The fourth-order valence-electron chi connectivity index (χ4n) is 3.88. The van der Waals surface area contributed by atoms with Gasteiger partial charge < -0.3 is 14.7 Å². The zero-order valence-electron chi connectivity index (χ0n) is 16.5. The number of nitrogens with one attached hydrogen (secondary N) is 1. The summed E-state index contributed by atoms with van der Waals surface area (Å²) < 4.78 is 2.41. The van der Waals surface area contributed by atoms with Crippen molar-refractivity contribution in [2.75, 3.05) is 6.54 Å². The molecule has 2 heterocycles. The lowest BCUT2D eigenvalue weighted by Gasteiger charge is -2.06. The number of unbranched alkanes of at least 4 members (excludes halogenated alkanes) is 1. The van der Waals surface area contributed by atoms with Crippen LogP contribution < -0.4 is 5.32 Å². The molecular weight excluding hydrogens is 364 g/mol. The summed E-state index contributed by atoms with van der Waals surface area (Å²) in [6.45, 7) is 7.02. The van der Waals surface area contributed by atoms with Gasteiger partial charge in [0.15, 0.2) is 0 Å². The van der Waals surface area contributed by atoms with E-state index in [9.17, 15) is 4.79 Å². The highest BCUT2D eigenvalue weighted by molar-refractivity contribution is 7.13. The summed E-state index contributed by atoms with van der Waals surface area (Å²) in [4.78, 5) is 11.8. The molecule has 0 amide bonds. The molecule has 4 aromatic rings. The number of fused-ring (bicyclic) bond motifs is 3. The summed E-state index contributed by atoms with van der Waals surface area (Å²) >= 11 is 1.81. The maximum atomic E-state index is 10.4. The molecule has 0 radical (unpaired) electrons. The van der Waals surface area contributed by atoms with Crippen LogP contribution in [0.25, 0.3) is 32.2 Å². The van der Waals surface area contributed by atoms with Gasteiger partial charge in [-0.25, -0.2) is 0 Å². The Bertz CT molecular complexity index is 1120. The molecule has 0 aliphatic carbocycles. The molecule has 144 valence electrons. The number of hydrogen-bond acceptors (Lipinski definition) is 3. The van der Waals surface area contributed by atoms with Crippen LogP contribution in [0.4, 0.5) is 0 Å². The number of carbonyl (C=O) groups is 1. The molecule has 2 aromatic carbocycles. The molecule has 1 N–H and O–H groups in total. The number of aryl methyl sites for hydroxylation is 2. The highest BCUT2D eigenvalue weighted by Gasteiger charge is 2.12. The first-order valence-electron chi connectivity index (χ1n) is 9.96. The summed E-state index contributed by atoms with van der Waals surface area (Å²) in [6.07, 6.45) is 2.51. The molecule has 0 aliphatic rings. The van der Waals surface area contributed by atoms with Gasteiger partial charge in [-0.3, -0.25) is 0 Å². The number of nitrogens with zero attached hydrogens (tertiary/aromatic N) is 1. The van der Waals surface area contributed by atoms with Crippen molar-refractivity contribution >= 4 is 39.4 Å². The van der Waals surface area contributed by atoms with Crippen LogP contribution in [0.15, 0.2) is 47.8 Å². The van der Waals surface area contributed by atoms with Crippen molar-refractivity contribution in [3.63, 3.8) is 0 Å². The summed E-state index contributed by atoms with van der Waals surface area (Å²) in [7, 11) is 0. The Morgan fingerprint density at radius 3 is 2.71 bits per heavy atom. The lowest BCUT2D eigenvalue weighted by molar-refractivity contribution is -0.107. The largest absolute Gasteiger partial charge is 0.341 e. The van der Waals surface area contributed by atoms with Crippen molar-refractivity contribution in [1.29, 1.82) is 0 Å². The Hall–Kier alpha value is -2.43. The van der Waals surface area contributed by atoms with E-state index in [1.165, 1.54) is 43.4 Å². The average molecular weight is 391 g/mol. The third-order valence-electron chi connectivity index (χ3n) is 5.27. The Labute approximate surface area is 170 Å². The average Bonchev–Trinajstić information content (AvgIpc) is 3.28. The fourth-order valence-corrected chi connectivity index (χ4v) is 4.77. The number of aldehydes is 1. The number of rotatable bonds is 8. The van der Waals surface area contributed by atoms with E-state index in [0.717, 1.165) is 32.3 Å². The molecule has 0 saturated heterocycles. The van der Waals surface area contributed by atoms with Gasteiger partial charge >= 0.3 is 0 Å². The van der Waals surface area contributed by atoms with Crippen LogP contribution in [-0.2, 0) is 17.9 Å². The normalized spacial score (nSPS) is 11.5. The van der Waals surface area contributed by atoms with Crippen LogP contribution in [0, 0.1) is 6.92 Å². The third kappa shape index (κ3) is 3.62. The van der Waals surface area contributed by atoms with Gasteiger partial charge in [-0.1, -0.05) is 18.2 Å². The van der Waals surface area contributed by atoms with E-state index < -0.39 is 0 Å². The SMILES string of the molecule is CCn1c2ccc(CNCCCC=O)cc2c2ccc(-c3cc(C)cs3)cc21. The summed E-state index contributed by atoms with van der Waals surface area (Å²) in [5, 5.41) is 8.28. The second-order valence-electron chi connectivity index (χ2n) is 7.30. The molecule has 3 nitrogen and oxygen atoms in total. The molecule has 4 heteroatoms. The molecule has 0 atom stereocenters. The number of benzene rings is 2. The molecule has 28 heavy (non-hydrogen) atoms. The quantitative estimate of drug-likeness (QED) is 0.299. The van der Waals surface area contributed by atoms with E-state index in [2.05, 4.69) is 71.6 Å². The van der Waals surface area contributed by atoms with Crippen LogP contribution in [0.3, 0.4) is 0 Å². The molecule has 0 bridgehead atoms. The first kappa shape index (κ1) is 18.9. The molecule has 2 aromatic heterocycles. The van der Waals surface area contributed by atoms with Crippen LogP contribution in [0.1, 0.15) is 30.9 Å². The van der Waals surface area contributed by atoms with E-state index in [1.54, 1.807) is 0 Å². The zero-order chi connectivity index (χ0) is 19.5. The summed E-state index contributed by atoms with van der Waals surface area (Å²) in [5.74, 6) is 0. The second kappa shape index (κ2) is 8.29. The van der Waals surface area contributed by atoms with Crippen molar-refractivity contribution in [1.82, 2.24) is 9.88 Å². The highest BCUT2D eigenvalue weighted by atomic mass is 32.1. The maximum Gasteiger partial charge on any atom is 0.120 e. The van der Waals surface area contributed by atoms with Gasteiger partial charge in [0.25, 0.3) is 0 Å². The van der Waals surface area contributed by atoms with Crippen LogP contribution >= 0.6 is 11.3 Å². The Balaban J connectivity index is 1.70. The van der Waals surface area contributed by atoms with Crippen molar-refractivity contribution < 1.29 is 4.79 Å². The first-order chi connectivity index (χ1) is 13.7. The van der Waals surface area contributed by atoms with Crippen molar-refractivity contribution in [3.8, 4) is 10.4 Å². The van der Waals surface area contributed by atoms with Gasteiger partial charge in [0.1, 0.15) is 6.29 Å². The minimum absolute atomic E-state index is 0.627. The second-order valence-corrected chi connectivity index (χ2v) is 8.21. The van der Waals surface area contributed by atoms with Crippen LogP contribution in [0.2, 0.25) is 0 Å². The van der Waals surface area contributed by atoms with Gasteiger partial charge in [0.2, 0.25) is 0 Å². The van der Waals surface area contributed by atoms with Crippen LogP contribution in [0.5, 0.6) is 0 Å². The fraction of sp³-hybridized carbons (Fsp3) is 0.292. The van der Waals surface area contributed by atoms with Gasteiger partial charge in [0, 0.05) is 46.2 Å². The molecule has 0 spiro atoms. The van der Waals surface area contributed by atoms with Gasteiger partial charge in [0.05, 0.1) is 0 Å². The monoisotopic (exact) mass is 390 g/mol. The van der Waals surface area contributed by atoms with E-state index in [-0.39, 0.29) is 0 Å². The van der Waals surface area contributed by atoms with Crippen molar-refractivity contribution in [3.05, 3.63) is 59.0 Å². The van der Waals surface area contributed by atoms with E-state index in [4.69, 9.17) is 0 Å². The minimum Gasteiger partial charge on any atom is -0.341 e. The van der Waals surface area contributed by atoms with E-state index in [1.807, 2.05) is 11.3 Å². The van der Waals surface area contributed by atoms with E-state index >= 15 is 0 Å². The third-order valence-corrected chi connectivity index (χ3v) is 6.36. The zero-order valence-corrected chi connectivity index (χ0v) is 17.3. The maximum absolute atomic E-state index is 10.4. The predicted molar refractivity (Wildman–Crippen MR) is 120 cm³/mol. The topological polar surface area (TPSA) is 34.0 Å². The number of carbonyl (C=O) groups excluding carboxylic acids is 1. The Morgan fingerprint density at radius 1 is 1.07 bits per heavy atom. The van der Waals surface area contributed by atoms with E-state index in [0.29, 0.717) is 6.42 Å². The Kier molecular flexibility index (Phi) is 5.60. The van der Waals surface area contributed by atoms with Crippen LogP contribution in [-0.4, -0.2) is 17.4 Å². The molecule has 0 fully saturated rings. The molecular formula is C24H26N2OS. The standard InChI is InChI=1S/C24H26N2OS/c1-3-26-22-9-6-18(15-25-10-4-5-11-27)13-21(22)20-8-7-19(14-23(20)26)24-12-17(2)16-28-24/h6-9,11-14,16,25H,3-5,10,15H2,1-2H3. The summed E-state index contributed by atoms with van der Waals surface area (Å²) in [5.41, 5.74) is 6.49.